The first-order valence-electron chi connectivity index (χ1n) is 8.79. The van der Waals surface area contributed by atoms with Crippen LogP contribution in [0.1, 0.15) is 51.1 Å². The highest BCUT2D eigenvalue weighted by molar-refractivity contribution is 7.80. The molecule has 1 aromatic heterocycles. The van der Waals surface area contributed by atoms with Crippen LogP contribution in [0.5, 0.6) is 0 Å². The monoisotopic (exact) mass is 330 g/mol. The number of thiocarbonyl (C=S) groups is 1. The lowest BCUT2D eigenvalue weighted by molar-refractivity contribution is 0.326. The van der Waals surface area contributed by atoms with E-state index in [0.29, 0.717) is 0 Å². The molecule has 2 aliphatic heterocycles. The summed E-state index contributed by atoms with van der Waals surface area (Å²) in [6, 6.07) is 5.93. The Bertz CT molecular complexity index is 535. The molecule has 0 spiro atoms. The van der Waals surface area contributed by atoms with Crippen molar-refractivity contribution in [2.45, 2.75) is 45.4 Å². The minimum absolute atomic E-state index is 0.772. The summed E-state index contributed by atoms with van der Waals surface area (Å²) < 4.78 is 0. The van der Waals surface area contributed by atoms with Gasteiger partial charge in [-0.05, 0) is 68.3 Å². The van der Waals surface area contributed by atoms with Gasteiger partial charge in [0, 0.05) is 19.3 Å². The van der Waals surface area contributed by atoms with Crippen LogP contribution >= 0.6 is 12.2 Å². The van der Waals surface area contributed by atoms with E-state index in [0.717, 1.165) is 54.3 Å². The van der Waals surface area contributed by atoms with Crippen LogP contribution in [0, 0.1) is 11.8 Å². The van der Waals surface area contributed by atoms with Crippen molar-refractivity contribution in [3.8, 4) is 0 Å². The van der Waals surface area contributed by atoms with Gasteiger partial charge in [0.05, 0.1) is 11.4 Å². The van der Waals surface area contributed by atoms with Crippen molar-refractivity contribution in [3.05, 3.63) is 30.1 Å². The molecule has 0 atom stereocenters. The molecule has 1 N–H and O–H groups in total. The maximum atomic E-state index is 5.61. The summed E-state index contributed by atoms with van der Waals surface area (Å²) in [5, 5.41) is 5.35. The lowest BCUT2D eigenvalue weighted by Gasteiger charge is -2.24. The highest BCUT2D eigenvalue weighted by Gasteiger charge is 2.30. The van der Waals surface area contributed by atoms with Crippen molar-refractivity contribution < 1.29 is 0 Å². The zero-order valence-electron chi connectivity index (χ0n) is 13.9. The van der Waals surface area contributed by atoms with Crippen LogP contribution in [0.2, 0.25) is 0 Å². The SMILES string of the molecule is CCC/C(=N\NC(=S)N1CC2CCC(CC2)C1)c1ccccn1. The Morgan fingerprint density at radius 2 is 1.96 bits per heavy atom. The predicted octanol–water partition coefficient (Wildman–Crippen LogP) is 3.58. The van der Waals surface area contributed by atoms with Crippen molar-refractivity contribution in [3.63, 3.8) is 0 Å². The predicted molar refractivity (Wildman–Crippen MR) is 98.4 cm³/mol. The zero-order chi connectivity index (χ0) is 16.1. The summed E-state index contributed by atoms with van der Waals surface area (Å²) in [6.45, 7) is 4.33. The number of hydrazone groups is 1. The third-order valence-corrected chi connectivity index (χ3v) is 5.29. The minimum atomic E-state index is 0.772. The second-order valence-electron chi connectivity index (χ2n) is 6.73. The average Bonchev–Trinajstić information content (AvgIpc) is 2.93. The third kappa shape index (κ3) is 4.28. The summed E-state index contributed by atoms with van der Waals surface area (Å²) >= 11 is 5.61. The number of rotatable bonds is 4. The van der Waals surface area contributed by atoms with E-state index < -0.39 is 0 Å². The second-order valence-corrected chi connectivity index (χ2v) is 7.12. The molecule has 2 saturated heterocycles. The Morgan fingerprint density at radius 1 is 1.26 bits per heavy atom. The standard InChI is InChI=1S/C18H26N4S/c1-2-5-17(16-6-3-4-11-19-16)20-21-18(23)22-12-14-7-8-15(13-22)10-9-14/h3-4,6,11,14-15H,2,5,7-10,12-13H2,1H3,(H,21,23)/b20-17+. The summed E-state index contributed by atoms with van der Waals surface area (Å²) in [5.74, 6) is 1.62. The Balaban J connectivity index is 1.66. The Kier molecular flexibility index (Phi) is 5.60. The van der Waals surface area contributed by atoms with Crippen molar-refractivity contribution in [1.29, 1.82) is 0 Å². The largest absolute Gasteiger partial charge is 0.347 e. The lowest BCUT2D eigenvalue weighted by Crippen LogP contribution is -2.40. The second kappa shape index (κ2) is 7.86. The molecule has 3 fully saturated rings. The van der Waals surface area contributed by atoms with E-state index in [1.54, 1.807) is 0 Å². The van der Waals surface area contributed by atoms with E-state index in [1.165, 1.54) is 25.7 Å². The van der Waals surface area contributed by atoms with Crippen LogP contribution < -0.4 is 5.43 Å². The molecule has 124 valence electrons. The number of nitrogens with zero attached hydrogens (tertiary/aromatic N) is 3. The molecule has 1 aliphatic carbocycles. The third-order valence-electron chi connectivity index (χ3n) is 4.94. The molecular weight excluding hydrogens is 304 g/mol. The Hall–Kier alpha value is -1.49. The van der Waals surface area contributed by atoms with Gasteiger partial charge in [-0.2, -0.15) is 5.10 Å². The van der Waals surface area contributed by atoms with E-state index in [9.17, 15) is 0 Å². The smallest absolute Gasteiger partial charge is 0.189 e. The van der Waals surface area contributed by atoms with Crippen LogP contribution in [-0.2, 0) is 0 Å². The number of fused-ring (bicyclic) bond motifs is 4. The number of hydrogen-bond donors (Lipinski definition) is 1. The van der Waals surface area contributed by atoms with Crippen LogP contribution in [0.25, 0.3) is 0 Å². The van der Waals surface area contributed by atoms with Gasteiger partial charge in [-0.3, -0.25) is 10.4 Å². The maximum absolute atomic E-state index is 5.61. The fraction of sp³-hybridized carbons (Fsp3) is 0.611. The van der Waals surface area contributed by atoms with Gasteiger partial charge in [-0.15, -0.1) is 0 Å². The average molecular weight is 331 g/mol. The van der Waals surface area contributed by atoms with Crippen molar-refractivity contribution in [1.82, 2.24) is 15.3 Å². The summed E-state index contributed by atoms with van der Waals surface area (Å²) in [4.78, 5) is 6.74. The number of aromatic nitrogens is 1. The molecule has 3 heterocycles. The highest BCUT2D eigenvalue weighted by atomic mass is 32.1. The molecular formula is C18H26N4S. The Labute approximate surface area is 144 Å². The normalized spacial score (nSPS) is 24.4. The highest BCUT2D eigenvalue weighted by Crippen LogP contribution is 2.33. The van der Waals surface area contributed by atoms with Gasteiger partial charge < -0.3 is 4.90 Å². The van der Waals surface area contributed by atoms with Crippen molar-refractivity contribution in [2.75, 3.05) is 13.1 Å². The van der Waals surface area contributed by atoms with Crippen LogP contribution in [0.15, 0.2) is 29.5 Å². The van der Waals surface area contributed by atoms with Gasteiger partial charge in [-0.25, -0.2) is 0 Å². The van der Waals surface area contributed by atoms with Gasteiger partial charge in [0.25, 0.3) is 0 Å². The first-order valence-corrected chi connectivity index (χ1v) is 9.20. The molecule has 1 saturated carbocycles. The summed E-state index contributed by atoms with van der Waals surface area (Å²) in [6.07, 6.45) is 9.20. The van der Waals surface area contributed by atoms with E-state index in [2.05, 4.69) is 27.3 Å². The molecule has 0 radical (unpaired) electrons. The minimum Gasteiger partial charge on any atom is -0.347 e. The van der Waals surface area contributed by atoms with Gasteiger partial charge in [0.1, 0.15) is 0 Å². The van der Waals surface area contributed by atoms with Crippen LogP contribution in [-0.4, -0.2) is 33.8 Å². The van der Waals surface area contributed by atoms with Crippen molar-refractivity contribution in [2.24, 2.45) is 16.9 Å². The van der Waals surface area contributed by atoms with E-state index in [1.807, 2.05) is 24.4 Å². The first kappa shape index (κ1) is 16.4. The molecule has 0 amide bonds. The topological polar surface area (TPSA) is 40.5 Å². The Morgan fingerprint density at radius 3 is 2.52 bits per heavy atom. The zero-order valence-corrected chi connectivity index (χ0v) is 14.7. The molecule has 0 unspecified atom stereocenters. The molecule has 23 heavy (non-hydrogen) atoms. The fourth-order valence-electron chi connectivity index (χ4n) is 3.66. The van der Waals surface area contributed by atoms with Gasteiger partial charge in [0.15, 0.2) is 5.11 Å². The molecule has 2 bridgehead atoms. The van der Waals surface area contributed by atoms with Crippen molar-refractivity contribution >= 4 is 23.0 Å². The van der Waals surface area contributed by atoms with Crippen LogP contribution in [0.4, 0.5) is 0 Å². The molecule has 3 aliphatic rings. The number of nitrogens with one attached hydrogen (secondary N) is 1. The number of hydrogen-bond acceptors (Lipinski definition) is 3. The molecule has 4 rings (SSSR count). The summed E-state index contributed by atoms with van der Waals surface area (Å²) in [5.41, 5.74) is 5.05. The van der Waals surface area contributed by atoms with E-state index >= 15 is 0 Å². The molecule has 0 aromatic carbocycles. The maximum Gasteiger partial charge on any atom is 0.189 e. The van der Waals surface area contributed by atoms with Gasteiger partial charge in [-0.1, -0.05) is 19.4 Å². The van der Waals surface area contributed by atoms with Crippen LogP contribution in [0.3, 0.4) is 0 Å². The lowest BCUT2D eigenvalue weighted by atomic mass is 9.84. The van der Waals surface area contributed by atoms with Gasteiger partial charge >= 0.3 is 0 Å². The first-order chi connectivity index (χ1) is 11.3. The van der Waals surface area contributed by atoms with E-state index in [-0.39, 0.29) is 0 Å². The molecule has 5 heteroatoms. The summed E-state index contributed by atoms with van der Waals surface area (Å²) in [7, 11) is 0. The van der Waals surface area contributed by atoms with Gasteiger partial charge in [0.2, 0.25) is 0 Å². The van der Waals surface area contributed by atoms with E-state index in [4.69, 9.17) is 12.2 Å². The number of pyridine rings is 1. The quantitative estimate of drug-likeness (QED) is 0.520. The molecule has 1 aromatic rings. The fourth-order valence-corrected chi connectivity index (χ4v) is 3.85. The molecule has 4 nitrogen and oxygen atoms in total.